The zero-order valence-corrected chi connectivity index (χ0v) is 38.7. The molecule has 0 unspecified atom stereocenters. The van der Waals surface area contributed by atoms with Crippen LogP contribution in [-0.2, 0) is 34.8 Å². The lowest BCUT2D eigenvalue weighted by Gasteiger charge is -2.50. The largest absolute Gasteiger partial charge is 0.493 e. The molecular formula is C44H68F9NO7S2. The van der Waals surface area contributed by atoms with E-state index in [4.69, 9.17) is 28.4 Å². The van der Waals surface area contributed by atoms with Gasteiger partial charge in [0, 0.05) is 57.8 Å². The minimum atomic E-state index is -6.74. The Morgan fingerprint density at radius 1 is 0.730 bits per heavy atom. The molecule has 0 heterocycles. The van der Waals surface area contributed by atoms with Crippen LogP contribution < -0.4 is 4.74 Å². The summed E-state index contributed by atoms with van der Waals surface area (Å²) in [7, 11) is 9.19. The summed E-state index contributed by atoms with van der Waals surface area (Å²) in [5.74, 6) is 4.16. The molecule has 8 nitrogen and oxygen atoms in total. The standard InChI is InChI=1S/C44H68F9NO7S2/c1-40-17-16-36-35-13-11-34(59-21-7-20-57-25-27-62-63-28-26-58-24-19-54(2)18-6-5-9-32(30-55-3)31-56-4)29-33(35)10-12-37(36)38(40)14-15-39(40)60-22-8-23-61-41(42(45,46)47,43(48,49)50)44(51,52)53/h11,13,29,32,36-39H,5-10,12,14-28,30-31H2,1-4H3/t36-,37-,38+,39+,40+/m1/s1. The Labute approximate surface area is 375 Å². The summed E-state index contributed by atoms with van der Waals surface area (Å²) in [6.45, 7) is 7.14. The Kier molecular flexibility index (Phi) is 22.3. The number of methoxy groups -OCH3 is 2. The number of halogens is 9. The summed E-state index contributed by atoms with van der Waals surface area (Å²) in [6.07, 6.45) is -11.8. The Morgan fingerprint density at radius 2 is 1.38 bits per heavy atom. The van der Waals surface area contributed by atoms with E-state index in [1.165, 1.54) is 11.1 Å². The van der Waals surface area contributed by atoms with Crippen molar-refractivity contribution in [3.8, 4) is 5.75 Å². The number of ether oxygens (including phenoxy) is 7. The van der Waals surface area contributed by atoms with Crippen molar-refractivity contribution in [3.63, 3.8) is 0 Å². The number of hydrogen-bond donors (Lipinski definition) is 0. The van der Waals surface area contributed by atoms with Crippen molar-refractivity contribution in [1.82, 2.24) is 4.90 Å². The van der Waals surface area contributed by atoms with Gasteiger partial charge in [-0.3, -0.25) is 0 Å². The third-order valence-electron chi connectivity index (χ3n) is 13.0. The van der Waals surface area contributed by atoms with Crippen LogP contribution in [0.3, 0.4) is 0 Å². The first-order chi connectivity index (χ1) is 29.9. The van der Waals surface area contributed by atoms with Gasteiger partial charge in [0.05, 0.1) is 52.4 Å². The van der Waals surface area contributed by atoms with E-state index in [0.29, 0.717) is 49.9 Å². The van der Waals surface area contributed by atoms with Gasteiger partial charge in [0.2, 0.25) is 0 Å². The van der Waals surface area contributed by atoms with E-state index in [2.05, 4.69) is 35.7 Å². The van der Waals surface area contributed by atoms with Gasteiger partial charge < -0.3 is 38.1 Å². The lowest BCUT2D eigenvalue weighted by Crippen LogP contribution is -2.67. The van der Waals surface area contributed by atoms with Gasteiger partial charge >= 0.3 is 24.1 Å². The minimum absolute atomic E-state index is 0.261. The second-order valence-corrected chi connectivity index (χ2v) is 20.0. The summed E-state index contributed by atoms with van der Waals surface area (Å²) in [6, 6.07) is 6.32. The van der Waals surface area contributed by atoms with Crippen LogP contribution in [0.5, 0.6) is 5.75 Å². The van der Waals surface area contributed by atoms with Gasteiger partial charge in [0.1, 0.15) is 5.75 Å². The summed E-state index contributed by atoms with van der Waals surface area (Å²) in [5, 5.41) is 0. The van der Waals surface area contributed by atoms with Crippen molar-refractivity contribution < 1.29 is 72.7 Å². The monoisotopic (exact) mass is 957 g/mol. The van der Waals surface area contributed by atoms with Crippen LogP contribution in [-0.4, -0.2) is 140 Å². The average molecular weight is 958 g/mol. The normalized spacial score (nSPS) is 23.0. The molecule has 1 aromatic carbocycles. The summed E-state index contributed by atoms with van der Waals surface area (Å²) in [5.41, 5.74) is -3.93. The number of aryl methyl sites for hydroxylation is 1. The van der Waals surface area contributed by atoms with Crippen LogP contribution in [0.1, 0.15) is 88.2 Å². The zero-order chi connectivity index (χ0) is 46.2. The number of fused-ring (bicyclic) bond motifs is 5. The molecule has 0 aromatic heterocycles. The van der Waals surface area contributed by atoms with Gasteiger partial charge in [-0.15, -0.1) is 0 Å². The highest BCUT2D eigenvalue weighted by atomic mass is 33.1. The number of unbranched alkanes of at least 4 members (excludes halogenated alkanes) is 1. The fourth-order valence-corrected chi connectivity index (χ4v) is 11.5. The second-order valence-electron chi connectivity index (χ2n) is 17.3. The summed E-state index contributed by atoms with van der Waals surface area (Å²) >= 11 is 0. The van der Waals surface area contributed by atoms with Crippen LogP contribution in [0.15, 0.2) is 18.2 Å². The fourth-order valence-electron chi connectivity index (χ4n) is 9.80. The van der Waals surface area contributed by atoms with Gasteiger partial charge in [0.15, 0.2) is 0 Å². The quantitative estimate of drug-likeness (QED) is 0.0423. The molecule has 0 amide bonds. The van der Waals surface area contributed by atoms with Crippen LogP contribution in [0, 0.1) is 23.2 Å². The Bertz CT molecular complexity index is 1420. The van der Waals surface area contributed by atoms with Gasteiger partial charge in [-0.25, -0.2) is 0 Å². The van der Waals surface area contributed by atoms with E-state index >= 15 is 0 Å². The van der Waals surface area contributed by atoms with Crippen LogP contribution in [0.2, 0.25) is 0 Å². The molecule has 0 bridgehead atoms. The average Bonchev–Trinajstić information content (AvgIpc) is 3.55. The lowest BCUT2D eigenvalue weighted by atomic mass is 9.55. The Morgan fingerprint density at radius 3 is 2.03 bits per heavy atom. The number of rotatable bonds is 30. The van der Waals surface area contributed by atoms with E-state index in [1.54, 1.807) is 35.8 Å². The molecule has 0 saturated heterocycles. The number of hydrogen-bond acceptors (Lipinski definition) is 10. The van der Waals surface area contributed by atoms with Crippen molar-refractivity contribution in [2.24, 2.45) is 23.2 Å². The van der Waals surface area contributed by atoms with Crippen LogP contribution in [0.4, 0.5) is 39.5 Å². The van der Waals surface area contributed by atoms with E-state index < -0.39 is 37.2 Å². The number of nitrogens with zero attached hydrogens (tertiary/aromatic N) is 1. The molecule has 4 rings (SSSR count). The maximum Gasteiger partial charge on any atom is 0.435 e. The minimum Gasteiger partial charge on any atom is -0.493 e. The fraction of sp³-hybridized carbons (Fsp3) is 0.864. The molecule has 0 radical (unpaired) electrons. The highest BCUT2D eigenvalue weighted by Gasteiger charge is 2.85. The number of likely N-dealkylation sites (N-methyl/N-ethyl adjacent to an activating group) is 1. The highest BCUT2D eigenvalue weighted by molar-refractivity contribution is 8.76. The Balaban J connectivity index is 1.05. The van der Waals surface area contributed by atoms with Crippen molar-refractivity contribution in [3.05, 3.63) is 29.3 Å². The van der Waals surface area contributed by atoms with E-state index in [0.717, 1.165) is 115 Å². The first kappa shape index (κ1) is 54.4. The lowest BCUT2D eigenvalue weighted by molar-refractivity contribution is -0.457. The highest BCUT2D eigenvalue weighted by Crippen LogP contribution is 2.62. The van der Waals surface area contributed by atoms with Gasteiger partial charge in [-0.2, -0.15) is 39.5 Å². The Hall–Kier alpha value is -1.19. The predicted molar refractivity (Wildman–Crippen MR) is 228 cm³/mol. The molecule has 366 valence electrons. The van der Waals surface area contributed by atoms with E-state index in [9.17, 15) is 39.5 Å². The molecule has 5 atom stereocenters. The number of benzene rings is 1. The van der Waals surface area contributed by atoms with Crippen molar-refractivity contribution in [2.75, 3.05) is 105 Å². The molecule has 0 spiro atoms. The number of alkyl halides is 9. The predicted octanol–water partition coefficient (Wildman–Crippen LogP) is 11.0. The van der Waals surface area contributed by atoms with E-state index in [1.807, 2.05) is 6.07 Å². The molecule has 19 heteroatoms. The smallest absolute Gasteiger partial charge is 0.435 e. The second kappa shape index (κ2) is 25.8. The van der Waals surface area contributed by atoms with Crippen molar-refractivity contribution in [1.29, 1.82) is 0 Å². The van der Waals surface area contributed by atoms with Crippen molar-refractivity contribution in [2.45, 2.75) is 114 Å². The molecule has 0 aliphatic heterocycles. The van der Waals surface area contributed by atoms with Gasteiger partial charge in [0.25, 0.3) is 0 Å². The third kappa shape index (κ3) is 15.2. The molecule has 0 N–H and O–H groups in total. The van der Waals surface area contributed by atoms with Crippen molar-refractivity contribution >= 4 is 21.6 Å². The zero-order valence-electron chi connectivity index (χ0n) is 37.1. The van der Waals surface area contributed by atoms with Crippen LogP contribution >= 0.6 is 21.6 Å². The maximum atomic E-state index is 13.2. The SMILES string of the molecule is COCC(CCCCN(C)CCOCCSSCCOCCCOc1ccc2c(c1)CC[C@@H]1[C@@H]2CC[C@]2(C)[C@@H](OCCCOC(C(F)(F)F)(C(F)(F)F)C(F)(F)F)CC[C@@H]12)COC. The van der Waals surface area contributed by atoms with E-state index in [-0.39, 0.29) is 18.1 Å². The molecule has 3 aliphatic rings. The van der Waals surface area contributed by atoms with Gasteiger partial charge in [-0.1, -0.05) is 41.0 Å². The molecule has 63 heavy (non-hydrogen) atoms. The van der Waals surface area contributed by atoms with Crippen LogP contribution in [0.25, 0.3) is 0 Å². The molecule has 2 fully saturated rings. The topological polar surface area (TPSA) is 67.9 Å². The summed E-state index contributed by atoms with van der Waals surface area (Å²) in [4.78, 5) is 2.32. The maximum absolute atomic E-state index is 13.2. The molecule has 3 aliphatic carbocycles. The third-order valence-corrected chi connectivity index (χ3v) is 15.3. The molecule has 2 saturated carbocycles. The first-order valence-corrected chi connectivity index (χ1v) is 24.7. The molecular weight excluding hydrogens is 890 g/mol. The summed E-state index contributed by atoms with van der Waals surface area (Å²) < 4.78 is 157. The molecule has 1 aromatic rings. The first-order valence-electron chi connectivity index (χ1n) is 22.2. The van der Waals surface area contributed by atoms with Gasteiger partial charge in [-0.05, 0) is 118 Å².